The normalized spacial score (nSPS) is 15.9. The molecular weight excluding hydrogens is 255 g/mol. The first-order chi connectivity index (χ1) is 8.16. The summed E-state index contributed by atoms with van der Waals surface area (Å²) < 4.78 is 13.1. The minimum absolute atomic E-state index is 0. The molecular formula is C13H18ClFN2O. The number of nitrogens with one attached hydrogen (secondary N) is 2. The highest BCUT2D eigenvalue weighted by molar-refractivity contribution is 5.95. The molecule has 1 aliphatic rings. The van der Waals surface area contributed by atoms with E-state index in [2.05, 4.69) is 10.6 Å². The third-order valence-electron chi connectivity index (χ3n) is 3.12. The van der Waals surface area contributed by atoms with Crippen LogP contribution in [0.5, 0.6) is 0 Å². The molecule has 0 aromatic heterocycles. The van der Waals surface area contributed by atoms with Gasteiger partial charge in [0.15, 0.2) is 0 Å². The molecule has 0 saturated carbocycles. The molecule has 2 N–H and O–H groups in total. The Labute approximate surface area is 113 Å². The Morgan fingerprint density at radius 2 is 2.06 bits per heavy atom. The van der Waals surface area contributed by atoms with Gasteiger partial charge >= 0.3 is 0 Å². The summed E-state index contributed by atoms with van der Waals surface area (Å²) in [5.41, 5.74) is 1.24. The van der Waals surface area contributed by atoms with Crippen molar-refractivity contribution in [2.24, 2.45) is 0 Å². The molecule has 0 atom stereocenters. The van der Waals surface area contributed by atoms with Gasteiger partial charge in [-0.15, -0.1) is 12.4 Å². The molecule has 0 spiro atoms. The Kier molecular flexibility index (Phi) is 5.56. The van der Waals surface area contributed by atoms with Crippen molar-refractivity contribution in [1.82, 2.24) is 10.6 Å². The molecule has 100 valence electrons. The summed E-state index contributed by atoms with van der Waals surface area (Å²) in [5.74, 6) is -0.542. The van der Waals surface area contributed by atoms with E-state index in [1.165, 1.54) is 12.1 Å². The summed E-state index contributed by atoms with van der Waals surface area (Å²) in [6, 6.07) is 4.50. The maximum atomic E-state index is 13.1. The molecule has 1 saturated heterocycles. The van der Waals surface area contributed by atoms with Crippen LogP contribution in [-0.2, 0) is 0 Å². The predicted octanol–water partition coefficient (Wildman–Crippen LogP) is 2.04. The average molecular weight is 273 g/mol. The number of halogens is 2. The van der Waals surface area contributed by atoms with Crippen LogP contribution in [0.2, 0.25) is 0 Å². The topological polar surface area (TPSA) is 41.1 Å². The molecule has 1 aromatic carbocycles. The number of benzene rings is 1. The fraction of sp³-hybridized carbons (Fsp3) is 0.462. The number of rotatable bonds is 2. The van der Waals surface area contributed by atoms with Gasteiger partial charge in [-0.3, -0.25) is 4.79 Å². The summed E-state index contributed by atoms with van der Waals surface area (Å²) in [4.78, 5) is 12.0. The average Bonchev–Trinajstić information content (AvgIpc) is 2.33. The molecule has 3 nitrogen and oxygen atoms in total. The number of hydrogen-bond acceptors (Lipinski definition) is 2. The van der Waals surface area contributed by atoms with E-state index in [0.717, 1.165) is 31.5 Å². The van der Waals surface area contributed by atoms with Crippen LogP contribution in [0.1, 0.15) is 28.8 Å². The second-order valence-corrected chi connectivity index (χ2v) is 4.46. The first-order valence-corrected chi connectivity index (χ1v) is 5.94. The molecule has 1 aromatic rings. The highest BCUT2D eigenvalue weighted by Crippen LogP contribution is 2.11. The molecule has 5 heteroatoms. The standard InChI is InChI=1S/C13H17FN2O.ClH/c1-9-2-3-10(14)8-12(9)13(17)16-11-4-6-15-7-5-11;/h2-3,8,11,15H,4-7H2,1H3,(H,16,17);1H. The van der Waals surface area contributed by atoms with Gasteiger partial charge in [-0.25, -0.2) is 4.39 Å². The fourth-order valence-electron chi connectivity index (χ4n) is 2.07. The molecule has 0 unspecified atom stereocenters. The van der Waals surface area contributed by atoms with Gasteiger partial charge in [0.2, 0.25) is 0 Å². The number of hydrogen-bond donors (Lipinski definition) is 2. The predicted molar refractivity (Wildman–Crippen MR) is 71.7 cm³/mol. The van der Waals surface area contributed by atoms with Gasteiger partial charge in [-0.1, -0.05) is 6.07 Å². The smallest absolute Gasteiger partial charge is 0.251 e. The lowest BCUT2D eigenvalue weighted by Crippen LogP contribution is -2.42. The highest BCUT2D eigenvalue weighted by atomic mass is 35.5. The third-order valence-corrected chi connectivity index (χ3v) is 3.12. The Morgan fingerprint density at radius 3 is 2.72 bits per heavy atom. The lowest BCUT2D eigenvalue weighted by Gasteiger charge is -2.24. The van der Waals surface area contributed by atoms with Crippen LogP contribution in [0, 0.1) is 12.7 Å². The molecule has 0 bridgehead atoms. The Morgan fingerprint density at radius 1 is 1.39 bits per heavy atom. The lowest BCUT2D eigenvalue weighted by molar-refractivity contribution is 0.0928. The highest BCUT2D eigenvalue weighted by Gasteiger charge is 2.17. The summed E-state index contributed by atoms with van der Waals surface area (Å²) in [6.07, 6.45) is 1.86. The summed E-state index contributed by atoms with van der Waals surface area (Å²) in [7, 11) is 0. The minimum Gasteiger partial charge on any atom is -0.349 e. The van der Waals surface area contributed by atoms with Crippen molar-refractivity contribution < 1.29 is 9.18 Å². The first-order valence-electron chi connectivity index (χ1n) is 5.94. The maximum absolute atomic E-state index is 13.1. The zero-order chi connectivity index (χ0) is 12.3. The van der Waals surface area contributed by atoms with Crippen molar-refractivity contribution in [2.75, 3.05) is 13.1 Å². The van der Waals surface area contributed by atoms with Crippen LogP contribution >= 0.6 is 12.4 Å². The van der Waals surface area contributed by atoms with Crippen molar-refractivity contribution in [3.63, 3.8) is 0 Å². The van der Waals surface area contributed by atoms with Crippen molar-refractivity contribution in [3.8, 4) is 0 Å². The number of aryl methyl sites for hydroxylation is 1. The van der Waals surface area contributed by atoms with E-state index in [9.17, 15) is 9.18 Å². The molecule has 0 radical (unpaired) electrons. The van der Waals surface area contributed by atoms with Crippen molar-refractivity contribution >= 4 is 18.3 Å². The van der Waals surface area contributed by atoms with Gasteiger partial charge in [-0.05, 0) is 50.6 Å². The number of carbonyl (C=O) groups excluding carboxylic acids is 1. The second-order valence-electron chi connectivity index (χ2n) is 4.46. The van der Waals surface area contributed by atoms with Crippen molar-refractivity contribution in [1.29, 1.82) is 0 Å². The molecule has 0 aliphatic carbocycles. The molecule has 1 amide bonds. The Bertz CT molecular complexity index is 419. The number of piperidine rings is 1. The van der Waals surface area contributed by atoms with E-state index in [4.69, 9.17) is 0 Å². The van der Waals surface area contributed by atoms with E-state index in [1.54, 1.807) is 6.07 Å². The van der Waals surface area contributed by atoms with E-state index in [-0.39, 0.29) is 30.2 Å². The third kappa shape index (κ3) is 3.68. The summed E-state index contributed by atoms with van der Waals surface area (Å²) in [5, 5.41) is 6.19. The van der Waals surface area contributed by atoms with E-state index < -0.39 is 0 Å². The lowest BCUT2D eigenvalue weighted by atomic mass is 10.0. The monoisotopic (exact) mass is 272 g/mol. The summed E-state index contributed by atoms with van der Waals surface area (Å²) in [6.45, 7) is 3.66. The molecule has 2 rings (SSSR count). The Balaban J connectivity index is 0.00000162. The quantitative estimate of drug-likeness (QED) is 0.865. The van der Waals surface area contributed by atoms with Gasteiger partial charge in [0.1, 0.15) is 5.82 Å². The Hall–Kier alpha value is -1.13. The molecule has 1 heterocycles. The molecule has 18 heavy (non-hydrogen) atoms. The SMILES string of the molecule is Cc1ccc(F)cc1C(=O)NC1CCNCC1.Cl. The van der Waals surface area contributed by atoms with Gasteiger partial charge in [0.25, 0.3) is 5.91 Å². The van der Waals surface area contributed by atoms with E-state index >= 15 is 0 Å². The van der Waals surface area contributed by atoms with Crippen LogP contribution in [0.4, 0.5) is 4.39 Å². The van der Waals surface area contributed by atoms with Crippen LogP contribution in [-0.4, -0.2) is 25.0 Å². The maximum Gasteiger partial charge on any atom is 0.251 e. The van der Waals surface area contributed by atoms with Crippen LogP contribution < -0.4 is 10.6 Å². The number of amides is 1. The van der Waals surface area contributed by atoms with E-state index in [0.29, 0.717) is 5.56 Å². The first kappa shape index (κ1) is 14.9. The molecule has 1 aliphatic heterocycles. The van der Waals surface area contributed by atoms with Gasteiger partial charge < -0.3 is 10.6 Å². The van der Waals surface area contributed by atoms with Crippen LogP contribution in [0.25, 0.3) is 0 Å². The fourth-order valence-corrected chi connectivity index (χ4v) is 2.07. The van der Waals surface area contributed by atoms with Gasteiger partial charge in [-0.2, -0.15) is 0 Å². The zero-order valence-electron chi connectivity index (χ0n) is 10.3. The zero-order valence-corrected chi connectivity index (χ0v) is 11.1. The van der Waals surface area contributed by atoms with Crippen LogP contribution in [0.15, 0.2) is 18.2 Å². The minimum atomic E-state index is -0.369. The van der Waals surface area contributed by atoms with Gasteiger partial charge in [0, 0.05) is 11.6 Å². The number of carbonyl (C=O) groups is 1. The van der Waals surface area contributed by atoms with Crippen LogP contribution in [0.3, 0.4) is 0 Å². The largest absolute Gasteiger partial charge is 0.349 e. The van der Waals surface area contributed by atoms with Gasteiger partial charge in [0.05, 0.1) is 0 Å². The van der Waals surface area contributed by atoms with Crippen molar-refractivity contribution in [3.05, 3.63) is 35.1 Å². The second kappa shape index (κ2) is 6.71. The van der Waals surface area contributed by atoms with Crippen molar-refractivity contribution in [2.45, 2.75) is 25.8 Å². The molecule has 1 fully saturated rings. The summed E-state index contributed by atoms with van der Waals surface area (Å²) >= 11 is 0. The van der Waals surface area contributed by atoms with E-state index in [1.807, 2.05) is 6.92 Å².